The number of hydrogen-bond acceptors (Lipinski definition) is 4. The molecule has 4 rings (SSSR count). The molecule has 1 aliphatic carbocycles. The summed E-state index contributed by atoms with van der Waals surface area (Å²) in [6.07, 6.45) is 3.19. The fourth-order valence-electron chi connectivity index (χ4n) is 3.82. The molecule has 0 saturated heterocycles. The van der Waals surface area contributed by atoms with Gasteiger partial charge in [0.1, 0.15) is 5.82 Å². The zero-order chi connectivity index (χ0) is 21.1. The van der Waals surface area contributed by atoms with E-state index in [9.17, 15) is 14.0 Å². The molecule has 0 spiro atoms. The molecular weight excluding hydrogens is 385 g/mol. The minimum absolute atomic E-state index is 0.179. The molecular formula is C23H22FN3O3. The lowest BCUT2D eigenvalue weighted by molar-refractivity contribution is -0.127. The van der Waals surface area contributed by atoms with Crippen molar-refractivity contribution >= 4 is 11.9 Å². The van der Waals surface area contributed by atoms with Crippen molar-refractivity contribution in [1.82, 2.24) is 9.78 Å². The lowest BCUT2D eigenvalue weighted by Crippen LogP contribution is -2.26. The number of nitrogens with two attached hydrogens (primary N) is 1. The minimum Gasteiger partial charge on any atom is -0.443 e. The van der Waals surface area contributed by atoms with E-state index < -0.39 is 18.0 Å². The Labute approximate surface area is 173 Å². The number of nitrogens with zero attached hydrogens (tertiary/aromatic N) is 2. The highest BCUT2D eigenvalue weighted by Crippen LogP contribution is 2.28. The predicted octanol–water partition coefficient (Wildman–Crippen LogP) is 3.66. The highest BCUT2D eigenvalue weighted by molar-refractivity contribution is 5.92. The molecule has 7 heteroatoms. The highest BCUT2D eigenvalue weighted by Gasteiger charge is 2.29. The van der Waals surface area contributed by atoms with E-state index in [0.717, 1.165) is 36.9 Å². The average Bonchev–Trinajstić information content (AvgIpc) is 2.94. The van der Waals surface area contributed by atoms with Gasteiger partial charge in [-0.1, -0.05) is 36.8 Å². The summed E-state index contributed by atoms with van der Waals surface area (Å²) < 4.78 is 20.6. The van der Waals surface area contributed by atoms with Gasteiger partial charge < -0.3 is 10.5 Å². The van der Waals surface area contributed by atoms with Gasteiger partial charge in [0.15, 0.2) is 5.69 Å². The van der Waals surface area contributed by atoms with Gasteiger partial charge in [-0.25, -0.2) is 13.9 Å². The second-order valence-corrected chi connectivity index (χ2v) is 7.32. The number of rotatable bonds is 5. The largest absolute Gasteiger partial charge is 0.443 e. The van der Waals surface area contributed by atoms with Gasteiger partial charge in [-0.3, -0.25) is 4.79 Å². The molecule has 30 heavy (non-hydrogen) atoms. The molecule has 2 aromatic carbocycles. The molecule has 154 valence electrons. The van der Waals surface area contributed by atoms with Gasteiger partial charge in [0.05, 0.1) is 5.69 Å². The van der Waals surface area contributed by atoms with Gasteiger partial charge in [-0.05, 0) is 49.9 Å². The van der Waals surface area contributed by atoms with Crippen LogP contribution in [0.25, 0.3) is 5.69 Å². The summed E-state index contributed by atoms with van der Waals surface area (Å²) in [6, 6.07) is 14.6. The molecule has 1 aromatic heterocycles. The lowest BCUT2D eigenvalue weighted by atomic mass is 10.1. The molecule has 2 N–H and O–H groups in total. The van der Waals surface area contributed by atoms with Crippen LogP contribution in [-0.2, 0) is 22.4 Å². The van der Waals surface area contributed by atoms with E-state index in [1.807, 2.05) is 0 Å². The van der Waals surface area contributed by atoms with Crippen LogP contribution in [0.4, 0.5) is 4.39 Å². The Kier molecular flexibility index (Phi) is 5.61. The third-order valence-corrected chi connectivity index (χ3v) is 5.28. The van der Waals surface area contributed by atoms with E-state index in [0.29, 0.717) is 17.7 Å². The van der Waals surface area contributed by atoms with Crippen LogP contribution >= 0.6 is 0 Å². The maximum atomic E-state index is 13.4. The molecule has 0 aliphatic heterocycles. The molecule has 0 saturated carbocycles. The second-order valence-electron chi connectivity index (χ2n) is 7.32. The van der Waals surface area contributed by atoms with Gasteiger partial charge >= 0.3 is 5.97 Å². The standard InChI is InChI=1S/C23H22FN3O3/c24-16-11-13-17(14-12-16)27-19-10-6-2-5-9-18(19)20(26-27)23(29)30-21(22(25)28)15-7-3-1-4-8-15/h1,3-4,7-8,11-14,21H,2,5-6,9-10H2,(H2,25,28). The van der Waals surface area contributed by atoms with Crippen molar-refractivity contribution in [3.63, 3.8) is 0 Å². The third kappa shape index (κ3) is 3.96. The van der Waals surface area contributed by atoms with Crippen molar-refractivity contribution < 1.29 is 18.7 Å². The Morgan fingerprint density at radius 3 is 2.40 bits per heavy atom. The summed E-state index contributed by atoms with van der Waals surface area (Å²) in [5.74, 6) is -1.79. The Hall–Kier alpha value is -3.48. The zero-order valence-electron chi connectivity index (χ0n) is 16.4. The molecule has 1 atom stereocenters. The monoisotopic (exact) mass is 407 g/mol. The van der Waals surface area contributed by atoms with Crippen molar-refractivity contribution in [2.45, 2.75) is 38.2 Å². The number of halogens is 1. The third-order valence-electron chi connectivity index (χ3n) is 5.28. The summed E-state index contributed by atoms with van der Waals surface area (Å²) in [7, 11) is 0. The van der Waals surface area contributed by atoms with Crippen LogP contribution in [0.2, 0.25) is 0 Å². The number of benzene rings is 2. The molecule has 1 heterocycles. The number of aromatic nitrogens is 2. The summed E-state index contributed by atoms with van der Waals surface area (Å²) in [5.41, 5.74) is 8.58. The van der Waals surface area contributed by atoms with E-state index in [1.54, 1.807) is 47.1 Å². The highest BCUT2D eigenvalue weighted by atomic mass is 19.1. The van der Waals surface area contributed by atoms with E-state index in [1.165, 1.54) is 12.1 Å². The molecule has 1 amide bonds. The topological polar surface area (TPSA) is 87.2 Å². The summed E-state index contributed by atoms with van der Waals surface area (Å²) in [4.78, 5) is 25.0. The second kappa shape index (κ2) is 8.49. The quantitative estimate of drug-likeness (QED) is 0.516. The van der Waals surface area contributed by atoms with Crippen molar-refractivity contribution in [3.05, 3.63) is 82.9 Å². The van der Waals surface area contributed by atoms with Crippen LogP contribution in [0.5, 0.6) is 0 Å². The van der Waals surface area contributed by atoms with Crippen LogP contribution in [0.1, 0.15) is 52.7 Å². The van der Waals surface area contributed by atoms with Crippen LogP contribution in [0.15, 0.2) is 54.6 Å². The number of amides is 1. The zero-order valence-corrected chi connectivity index (χ0v) is 16.4. The number of primary amides is 1. The first-order chi connectivity index (χ1) is 14.5. The first kappa shape index (κ1) is 19.8. The fraction of sp³-hybridized carbons (Fsp3) is 0.261. The van der Waals surface area contributed by atoms with E-state index >= 15 is 0 Å². The van der Waals surface area contributed by atoms with Crippen molar-refractivity contribution in [2.75, 3.05) is 0 Å². The van der Waals surface area contributed by atoms with Gasteiger partial charge in [0.25, 0.3) is 5.91 Å². The van der Waals surface area contributed by atoms with E-state index in [4.69, 9.17) is 10.5 Å². The van der Waals surface area contributed by atoms with Gasteiger partial charge in [0, 0.05) is 16.8 Å². The predicted molar refractivity (Wildman–Crippen MR) is 109 cm³/mol. The summed E-state index contributed by atoms with van der Waals surface area (Å²) in [5, 5.41) is 4.51. The van der Waals surface area contributed by atoms with Crippen LogP contribution in [-0.4, -0.2) is 21.7 Å². The number of ether oxygens (including phenoxy) is 1. The normalized spacial score (nSPS) is 14.4. The molecule has 6 nitrogen and oxygen atoms in total. The first-order valence-corrected chi connectivity index (χ1v) is 9.96. The Morgan fingerprint density at radius 1 is 1.00 bits per heavy atom. The van der Waals surface area contributed by atoms with E-state index in [2.05, 4.69) is 5.10 Å². The Balaban J connectivity index is 1.72. The molecule has 3 aromatic rings. The number of carbonyl (C=O) groups excluding carboxylic acids is 2. The van der Waals surface area contributed by atoms with Crippen LogP contribution in [0.3, 0.4) is 0 Å². The smallest absolute Gasteiger partial charge is 0.360 e. The number of hydrogen-bond donors (Lipinski definition) is 1. The van der Waals surface area contributed by atoms with Crippen molar-refractivity contribution in [3.8, 4) is 5.69 Å². The Morgan fingerprint density at radius 2 is 1.70 bits per heavy atom. The SMILES string of the molecule is NC(=O)C(OC(=O)c1nn(-c2ccc(F)cc2)c2c1CCCCC2)c1ccccc1. The van der Waals surface area contributed by atoms with Crippen molar-refractivity contribution in [2.24, 2.45) is 5.73 Å². The Bertz CT molecular complexity index is 1060. The van der Waals surface area contributed by atoms with Crippen molar-refractivity contribution in [1.29, 1.82) is 0 Å². The maximum Gasteiger partial charge on any atom is 0.360 e. The van der Waals surface area contributed by atoms with Crippen LogP contribution in [0, 0.1) is 5.82 Å². The van der Waals surface area contributed by atoms with Gasteiger partial charge in [-0.15, -0.1) is 0 Å². The molecule has 0 radical (unpaired) electrons. The average molecular weight is 407 g/mol. The number of esters is 1. The number of fused-ring (bicyclic) bond motifs is 1. The molecule has 0 bridgehead atoms. The molecule has 1 aliphatic rings. The molecule has 0 fully saturated rings. The van der Waals surface area contributed by atoms with E-state index in [-0.39, 0.29) is 11.5 Å². The first-order valence-electron chi connectivity index (χ1n) is 9.96. The molecule has 1 unspecified atom stereocenters. The van der Waals surface area contributed by atoms with Gasteiger partial charge in [0.2, 0.25) is 6.10 Å². The van der Waals surface area contributed by atoms with Gasteiger partial charge in [-0.2, -0.15) is 5.10 Å². The number of carbonyl (C=O) groups is 2. The maximum absolute atomic E-state index is 13.4. The lowest BCUT2D eigenvalue weighted by Gasteiger charge is -2.14. The fourth-order valence-corrected chi connectivity index (χ4v) is 3.82. The summed E-state index contributed by atoms with van der Waals surface area (Å²) >= 11 is 0. The minimum atomic E-state index is -1.20. The van der Waals surface area contributed by atoms with Crippen LogP contribution < -0.4 is 5.73 Å². The summed E-state index contributed by atoms with van der Waals surface area (Å²) in [6.45, 7) is 0.